The minimum absolute atomic E-state index is 0.248. The van der Waals surface area contributed by atoms with E-state index in [9.17, 15) is 4.79 Å². The molecule has 1 aromatic carbocycles. The smallest absolute Gasteiger partial charge is 0.360 e. The Labute approximate surface area is 112 Å². The second kappa shape index (κ2) is 5.22. The van der Waals surface area contributed by atoms with Crippen LogP contribution in [-0.4, -0.2) is 28.1 Å². The molecule has 0 aliphatic rings. The average Bonchev–Trinajstić information content (AvgIpc) is 2.80. The molecule has 0 N–H and O–H groups in total. The van der Waals surface area contributed by atoms with Crippen LogP contribution in [0.25, 0.3) is 5.69 Å². The largest absolute Gasteiger partial charge is 0.464 e. The van der Waals surface area contributed by atoms with Gasteiger partial charge in [-0.25, -0.2) is 9.48 Å². The van der Waals surface area contributed by atoms with Crippen molar-refractivity contribution in [3.05, 3.63) is 41.2 Å². The van der Waals surface area contributed by atoms with Gasteiger partial charge in [-0.15, -0.1) is 5.10 Å². The highest BCUT2D eigenvalue weighted by atomic mass is 16.5. The lowest BCUT2D eigenvalue weighted by Crippen LogP contribution is -2.05. The average molecular weight is 259 g/mol. The number of rotatable bonds is 3. The lowest BCUT2D eigenvalue weighted by atomic mass is 10.0. The molecule has 0 atom stereocenters. The number of aromatic nitrogens is 3. The fourth-order valence-electron chi connectivity index (χ4n) is 1.88. The molecule has 100 valence electrons. The third kappa shape index (κ3) is 2.50. The van der Waals surface area contributed by atoms with Crippen LogP contribution in [-0.2, 0) is 4.74 Å². The van der Waals surface area contributed by atoms with Gasteiger partial charge in [0.15, 0.2) is 5.69 Å². The second-order valence-electron chi connectivity index (χ2n) is 4.68. The highest BCUT2D eigenvalue weighted by Gasteiger charge is 2.17. The predicted molar refractivity (Wildman–Crippen MR) is 71.5 cm³/mol. The normalized spacial score (nSPS) is 10.8. The van der Waals surface area contributed by atoms with Crippen LogP contribution < -0.4 is 0 Å². The van der Waals surface area contributed by atoms with Crippen LogP contribution in [0.3, 0.4) is 0 Å². The van der Waals surface area contributed by atoms with Crippen molar-refractivity contribution in [1.82, 2.24) is 15.0 Å². The molecule has 0 spiro atoms. The maximum absolute atomic E-state index is 11.5. The molecule has 0 radical (unpaired) electrons. The summed E-state index contributed by atoms with van der Waals surface area (Å²) in [4.78, 5) is 11.5. The Bertz CT molecular complexity index is 602. The van der Waals surface area contributed by atoms with Gasteiger partial charge < -0.3 is 4.74 Å². The standard InChI is InChI=1S/C14H17N3O2/c1-9(2)11-6-5-7-12(8-11)17-10(3)13(15-16-17)14(18)19-4/h5-9H,1-4H3. The monoisotopic (exact) mass is 259 g/mol. The fraction of sp³-hybridized carbons (Fsp3) is 0.357. The summed E-state index contributed by atoms with van der Waals surface area (Å²) in [5.41, 5.74) is 3.03. The van der Waals surface area contributed by atoms with E-state index in [1.807, 2.05) is 18.2 Å². The number of methoxy groups -OCH3 is 1. The van der Waals surface area contributed by atoms with E-state index in [1.54, 1.807) is 11.6 Å². The summed E-state index contributed by atoms with van der Waals surface area (Å²) in [5.74, 6) is -0.0346. The van der Waals surface area contributed by atoms with Gasteiger partial charge in [-0.05, 0) is 30.5 Å². The first-order chi connectivity index (χ1) is 9.04. The number of carbonyl (C=O) groups is 1. The van der Waals surface area contributed by atoms with Gasteiger partial charge in [-0.1, -0.05) is 31.2 Å². The zero-order chi connectivity index (χ0) is 14.0. The second-order valence-corrected chi connectivity index (χ2v) is 4.68. The van der Waals surface area contributed by atoms with Crippen molar-refractivity contribution >= 4 is 5.97 Å². The van der Waals surface area contributed by atoms with Gasteiger partial charge in [-0.2, -0.15) is 0 Å². The Hall–Kier alpha value is -2.17. The first kappa shape index (κ1) is 13.3. The van der Waals surface area contributed by atoms with Crippen LogP contribution >= 0.6 is 0 Å². The predicted octanol–water partition coefficient (Wildman–Crippen LogP) is 2.49. The van der Waals surface area contributed by atoms with Gasteiger partial charge in [0, 0.05) is 0 Å². The topological polar surface area (TPSA) is 57.0 Å². The molecule has 0 aliphatic carbocycles. The van der Waals surface area contributed by atoms with Gasteiger partial charge in [0.2, 0.25) is 0 Å². The maximum atomic E-state index is 11.5. The van der Waals surface area contributed by atoms with Crippen molar-refractivity contribution in [2.45, 2.75) is 26.7 Å². The minimum atomic E-state index is -0.469. The Morgan fingerprint density at radius 3 is 2.74 bits per heavy atom. The lowest BCUT2D eigenvalue weighted by molar-refractivity contribution is 0.0593. The highest BCUT2D eigenvalue weighted by Crippen LogP contribution is 2.19. The van der Waals surface area contributed by atoms with Gasteiger partial charge in [0.05, 0.1) is 18.5 Å². The van der Waals surface area contributed by atoms with E-state index in [-0.39, 0.29) is 5.69 Å². The molecule has 19 heavy (non-hydrogen) atoms. The van der Waals surface area contributed by atoms with Gasteiger partial charge >= 0.3 is 5.97 Å². The third-order valence-corrected chi connectivity index (χ3v) is 3.05. The summed E-state index contributed by atoms with van der Waals surface area (Å²) in [6.07, 6.45) is 0. The molecule has 2 aromatic rings. The van der Waals surface area contributed by atoms with Gasteiger partial charge in [0.25, 0.3) is 0 Å². The van der Waals surface area contributed by atoms with Crippen LogP contribution in [0.4, 0.5) is 0 Å². The molecule has 0 saturated carbocycles. The molecule has 1 aromatic heterocycles. The SMILES string of the molecule is COC(=O)c1nnn(-c2cccc(C(C)C)c2)c1C. The molecule has 0 aliphatic heterocycles. The molecular formula is C14H17N3O2. The molecule has 5 heteroatoms. The number of hydrogen-bond acceptors (Lipinski definition) is 4. The van der Waals surface area contributed by atoms with Crippen LogP contribution in [0, 0.1) is 6.92 Å². The van der Waals surface area contributed by atoms with Crippen molar-refractivity contribution in [3.8, 4) is 5.69 Å². The van der Waals surface area contributed by atoms with Crippen LogP contribution in [0.15, 0.2) is 24.3 Å². The summed E-state index contributed by atoms with van der Waals surface area (Å²) in [7, 11) is 1.33. The molecule has 0 fully saturated rings. The van der Waals surface area contributed by atoms with E-state index < -0.39 is 5.97 Å². The zero-order valence-electron chi connectivity index (χ0n) is 11.5. The van der Waals surface area contributed by atoms with Crippen LogP contribution in [0.2, 0.25) is 0 Å². The van der Waals surface area contributed by atoms with Gasteiger partial charge in [0.1, 0.15) is 0 Å². The van der Waals surface area contributed by atoms with Crippen molar-refractivity contribution in [1.29, 1.82) is 0 Å². The molecule has 0 amide bonds. The van der Waals surface area contributed by atoms with E-state index in [0.717, 1.165) is 5.69 Å². The number of benzene rings is 1. The highest BCUT2D eigenvalue weighted by molar-refractivity contribution is 5.88. The zero-order valence-corrected chi connectivity index (χ0v) is 11.5. The molecule has 0 unspecified atom stereocenters. The minimum Gasteiger partial charge on any atom is -0.464 e. The fourth-order valence-corrected chi connectivity index (χ4v) is 1.88. The number of nitrogens with zero attached hydrogens (tertiary/aromatic N) is 3. The quantitative estimate of drug-likeness (QED) is 0.795. The lowest BCUT2D eigenvalue weighted by Gasteiger charge is -2.08. The number of esters is 1. The Balaban J connectivity index is 2.45. The molecule has 0 saturated heterocycles. The first-order valence-corrected chi connectivity index (χ1v) is 6.15. The first-order valence-electron chi connectivity index (χ1n) is 6.15. The van der Waals surface area contributed by atoms with E-state index in [0.29, 0.717) is 11.6 Å². The number of ether oxygens (including phenoxy) is 1. The van der Waals surface area contributed by atoms with E-state index in [4.69, 9.17) is 0 Å². The van der Waals surface area contributed by atoms with E-state index in [2.05, 4.69) is 35.0 Å². The van der Waals surface area contributed by atoms with Crippen LogP contribution in [0.1, 0.15) is 41.5 Å². The summed E-state index contributed by atoms with van der Waals surface area (Å²) in [5, 5.41) is 7.90. The molecule has 2 rings (SSSR count). The Morgan fingerprint density at radius 2 is 2.11 bits per heavy atom. The molecule has 0 bridgehead atoms. The molecular weight excluding hydrogens is 242 g/mol. The summed E-state index contributed by atoms with van der Waals surface area (Å²) >= 11 is 0. The van der Waals surface area contributed by atoms with Crippen molar-refractivity contribution < 1.29 is 9.53 Å². The number of hydrogen-bond donors (Lipinski definition) is 0. The van der Waals surface area contributed by atoms with Crippen LogP contribution in [0.5, 0.6) is 0 Å². The van der Waals surface area contributed by atoms with Gasteiger partial charge in [-0.3, -0.25) is 0 Å². The third-order valence-electron chi connectivity index (χ3n) is 3.05. The molecule has 1 heterocycles. The summed E-state index contributed by atoms with van der Waals surface area (Å²) < 4.78 is 6.32. The van der Waals surface area contributed by atoms with Crippen molar-refractivity contribution in [2.24, 2.45) is 0 Å². The van der Waals surface area contributed by atoms with Crippen molar-refractivity contribution in [3.63, 3.8) is 0 Å². The summed E-state index contributed by atoms with van der Waals surface area (Å²) in [6, 6.07) is 8.03. The summed E-state index contributed by atoms with van der Waals surface area (Å²) in [6.45, 7) is 6.06. The maximum Gasteiger partial charge on any atom is 0.360 e. The number of carbonyl (C=O) groups excluding carboxylic acids is 1. The van der Waals surface area contributed by atoms with Crippen molar-refractivity contribution in [2.75, 3.05) is 7.11 Å². The van der Waals surface area contributed by atoms with E-state index >= 15 is 0 Å². The van der Waals surface area contributed by atoms with E-state index in [1.165, 1.54) is 12.7 Å². The Morgan fingerprint density at radius 1 is 1.37 bits per heavy atom. The molecule has 5 nitrogen and oxygen atoms in total. The Kier molecular flexibility index (Phi) is 3.64.